The molecule has 3 heterocycles. The van der Waals surface area contributed by atoms with E-state index in [0.717, 1.165) is 5.56 Å². The van der Waals surface area contributed by atoms with Crippen LogP contribution in [0.5, 0.6) is 0 Å². The predicted molar refractivity (Wildman–Crippen MR) is 96.7 cm³/mol. The van der Waals surface area contributed by atoms with Crippen LogP contribution < -0.4 is 16.2 Å². The quantitative estimate of drug-likeness (QED) is 0.742. The van der Waals surface area contributed by atoms with Crippen molar-refractivity contribution in [1.29, 1.82) is 0 Å². The van der Waals surface area contributed by atoms with Gasteiger partial charge in [0.2, 0.25) is 11.9 Å². The molecule has 1 aliphatic rings. The number of nitrogens with zero attached hydrogens (tertiary/aromatic N) is 4. The summed E-state index contributed by atoms with van der Waals surface area (Å²) in [5.74, 6) is 0.461. The molecule has 0 amide bonds. The minimum Gasteiger partial charge on any atom is -0.326 e. The number of hydrogen-bond donors (Lipinski definition) is 2. The van der Waals surface area contributed by atoms with Gasteiger partial charge in [-0.05, 0) is 37.3 Å². The van der Waals surface area contributed by atoms with Crippen molar-refractivity contribution < 1.29 is 4.39 Å². The summed E-state index contributed by atoms with van der Waals surface area (Å²) in [6.07, 6.45) is 2.71. The van der Waals surface area contributed by atoms with Crippen LogP contribution in [-0.4, -0.2) is 20.5 Å². The molecule has 1 aliphatic heterocycles. The zero-order chi connectivity index (χ0) is 18.1. The molecule has 2 aromatic heterocycles. The lowest BCUT2D eigenvalue weighted by Crippen LogP contribution is -2.37. The van der Waals surface area contributed by atoms with Crippen LogP contribution in [0.2, 0.25) is 0 Å². The smallest absolute Gasteiger partial charge is 0.257 e. The average molecular weight is 350 g/mol. The number of aryl methyl sites for hydroxylation is 1. The maximum Gasteiger partial charge on any atom is 0.257 e. The molecule has 0 spiro atoms. The van der Waals surface area contributed by atoms with E-state index in [1.165, 1.54) is 22.8 Å². The number of fused-ring (bicyclic) bond motifs is 1. The first-order valence-electron chi connectivity index (χ1n) is 7.98. The molecule has 0 saturated heterocycles. The highest BCUT2D eigenvalue weighted by molar-refractivity contribution is 6.03. The van der Waals surface area contributed by atoms with Gasteiger partial charge in [0.05, 0.1) is 0 Å². The summed E-state index contributed by atoms with van der Waals surface area (Å²) in [5.41, 5.74) is 1.80. The first kappa shape index (κ1) is 15.9. The molecule has 1 aromatic carbocycles. The van der Waals surface area contributed by atoms with Crippen LogP contribution in [-0.2, 0) is 0 Å². The van der Waals surface area contributed by atoms with Crippen LogP contribution in [0.1, 0.15) is 17.4 Å². The van der Waals surface area contributed by atoms with Crippen molar-refractivity contribution in [2.45, 2.75) is 13.1 Å². The number of halogens is 1. The van der Waals surface area contributed by atoms with Crippen LogP contribution in [0.4, 0.5) is 16.0 Å². The molecule has 130 valence electrons. The fourth-order valence-electron chi connectivity index (χ4n) is 2.73. The van der Waals surface area contributed by atoms with Gasteiger partial charge < -0.3 is 5.32 Å². The van der Waals surface area contributed by atoms with E-state index in [0.29, 0.717) is 23.3 Å². The number of aromatic nitrogens is 3. The van der Waals surface area contributed by atoms with Gasteiger partial charge >= 0.3 is 0 Å². The molecule has 1 atom stereocenters. The van der Waals surface area contributed by atoms with E-state index in [9.17, 15) is 9.18 Å². The highest BCUT2D eigenvalue weighted by Gasteiger charge is 2.25. The summed E-state index contributed by atoms with van der Waals surface area (Å²) in [4.78, 5) is 25.6. The molecular weight excluding hydrogens is 335 g/mol. The summed E-state index contributed by atoms with van der Waals surface area (Å²) >= 11 is 0. The van der Waals surface area contributed by atoms with Gasteiger partial charge in [0.15, 0.2) is 6.17 Å². The highest BCUT2D eigenvalue weighted by Crippen LogP contribution is 2.25. The van der Waals surface area contributed by atoms with Gasteiger partial charge in [0, 0.05) is 35.4 Å². The Balaban J connectivity index is 1.78. The SMILES string of the molecule is Cc1cc(=O)n2c(n1)NC(Nc1ccc(F)cc1)=N[C@@H]2c1cccnc1. The monoisotopic (exact) mass is 350 g/mol. The minimum atomic E-state index is -0.608. The standard InChI is InChI=1S/C18H15FN6O/c1-11-9-15(26)25-16(12-3-2-8-20-10-12)23-17(24-18(25)21-11)22-14-6-4-13(19)5-7-14/h2-10,16H,1H3,(H2,21,22,23,24)/t16-/m0/s1. The number of guanidine groups is 1. The Morgan fingerprint density at radius 3 is 2.77 bits per heavy atom. The molecule has 8 heteroatoms. The lowest BCUT2D eigenvalue weighted by atomic mass is 10.2. The van der Waals surface area contributed by atoms with Crippen LogP contribution in [0.3, 0.4) is 0 Å². The van der Waals surface area contributed by atoms with E-state index in [1.807, 2.05) is 6.07 Å². The molecule has 26 heavy (non-hydrogen) atoms. The van der Waals surface area contributed by atoms with Gasteiger partial charge in [-0.25, -0.2) is 14.4 Å². The minimum absolute atomic E-state index is 0.210. The number of pyridine rings is 1. The Labute approximate surface area is 148 Å². The Hall–Kier alpha value is -3.55. The van der Waals surface area contributed by atoms with Crippen molar-refractivity contribution in [2.75, 3.05) is 10.6 Å². The van der Waals surface area contributed by atoms with Crippen LogP contribution >= 0.6 is 0 Å². The van der Waals surface area contributed by atoms with Gasteiger partial charge in [-0.3, -0.25) is 19.7 Å². The van der Waals surface area contributed by atoms with Gasteiger partial charge in [-0.2, -0.15) is 0 Å². The Morgan fingerprint density at radius 2 is 2.04 bits per heavy atom. The lowest BCUT2D eigenvalue weighted by Gasteiger charge is -2.26. The van der Waals surface area contributed by atoms with Crippen molar-refractivity contribution in [2.24, 2.45) is 4.99 Å². The predicted octanol–water partition coefficient (Wildman–Crippen LogP) is 2.53. The zero-order valence-corrected chi connectivity index (χ0v) is 13.8. The molecule has 3 aromatic rings. The lowest BCUT2D eigenvalue weighted by molar-refractivity contribution is 0.575. The normalized spacial score (nSPS) is 15.6. The second kappa shape index (κ2) is 6.40. The maximum absolute atomic E-state index is 13.1. The van der Waals surface area contributed by atoms with Gasteiger partial charge in [-0.1, -0.05) is 6.07 Å². The molecule has 0 aliphatic carbocycles. The van der Waals surface area contributed by atoms with E-state index < -0.39 is 6.17 Å². The van der Waals surface area contributed by atoms with E-state index in [2.05, 4.69) is 25.6 Å². The molecule has 0 bridgehead atoms. The third-order valence-corrected chi connectivity index (χ3v) is 3.90. The molecule has 0 unspecified atom stereocenters. The van der Waals surface area contributed by atoms with E-state index in [1.54, 1.807) is 37.5 Å². The number of rotatable bonds is 2. The molecule has 7 nitrogen and oxygen atoms in total. The van der Waals surface area contributed by atoms with Crippen molar-refractivity contribution in [3.63, 3.8) is 0 Å². The maximum atomic E-state index is 13.1. The third kappa shape index (κ3) is 3.04. The molecule has 2 N–H and O–H groups in total. The Bertz CT molecular complexity index is 1030. The number of benzene rings is 1. The van der Waals surface area contributed by atoms with E-state index >= 15 is 0 Å². The number of anilines is 2. The Kier molecular flexibility index (Phi) is 3.92. The number of aliphatic imine (C=N–C) groups is 1. The molecule has 0 saturated carbocycles. The topological polar surface area (TPSA) is 84.2 Å². The fraction of sp³-hybridized carbons (Fsp3) is 0.111. The van der Waals surface area contributed by atoms with Gasteiger partial charge in [-0.15, -0.1) is 0 Å². The van der Waals surface area contributed by atoms with E-state index in [4.69, 9.17) is 0 Å². The first-order chi connectivity index (χ1) is 12.6. The molecule has 0 fully saturated rings. The number of nitrogens with one attached hydrogen (secondary N) is 2. The van der Waals surface area contributed by atoms with Crippen LogP contribution in [0.15, 0.2) is 64.6 Å². The second-order valence-electron chi connectivity index (χ2n) is 5.82. The average Bonchev–Trinajstić information content (AvgIpc) is 2.63. The molecule has 0 radical (unpaired) electrons. The fourth-order valence-corrected chi connectivity index (χ4v) is 2.73. The highest BCUT2D eigenvalue weighted by atomic mass is 19.1. The van der Waals surface area contributed by atoms with Gasteiger partial charge in [0.1, 0.15) is 5.82 Å². The first-order valence-corrected chi connectivity index (χ1v) is 7.98. The summed E-state index contributed by atoms with van der Waals surface area (Å²) in [6.45, 7) is 1.75. The van der Waals surface area contributed by atoms with Crippen LogP contribution in [0, 0.1) is 12.7 Å². The summed E-state index contributed by atoms with van der Waals surface area (Å²) in [5, 5.41) is 6.10. The van der Waals surface area contributed by atoms with E-state index in [-0.39, 0.29) is 11.4 Å². The third-order valence-electron chi connectivity index (χ3n) is 3.90. The van der Waals surface area contributed by atoms with Gasteiger partial charge in [0.25, 0.3) is 5.56 Å². The van der Waals surface area contributed by atoms with Crippen molar-refractivity contribution in [1.82, 2.24) is 14.5 Å². The summed E-state index contributed by atoms with van der Waals surface area (Å²) in [7, 11) is 0. The number of hydrogen-bond acceptors (Lipinski definition) is 6. The van der Waals surface area contributed by atoms with Crippen molar-refractivity contribution in [3.05, 3.63) is 82.3 Å². The Morgan fingerprint density at radius 1 is 1.23 bits per heavy atom. The van der Waals surface area contributed by atoms with Crippen molar-refractivity contribution in [3.8, 4) is 0 Å². The summed E-state index contributed by atoms with van der Waals surface area (Å²) in [6, 6.07) is 11.0. The molecule has 4 rings (SSSR count). The van der Waals surface area contributed by atoms with Crippen LogP contribution in [0.25, 0.3) is 0 Å². The molecular formula is C18H15FN6O. The van der Waals surface area contributed by atoms with Crippen molar-refractivity contribution >= 4 is 17.6 Å². The second-order valence-corrected chi connectivity index (χ2v) is 5.82. The largest absolute Gasteiger partial charge is 0.326 e. The zero-order valence-electron chi connectivity index (χ0n) is 13.8. The summed E-state index contributed by atoms with van der Waals surface area (Å²) < 4.78 is 14.6.